The van der Waals surface area contributed by atoms with Crippen LogP contribution in [0.4, 0.5) is 0 Å². The lowest BCUT2D eigenvalue weighted by atomic mass is 9.85. The lowest BCUT2D eigenvalue weighted by Crippen LogP contribution is -2.52. The molecule has 0 aromatic rings. The van der Waals surface area contributed by atoms with Gasteiger partial charge in [-0.25, -0.2) is 0 Å². The Balaban J connectivity index is 1.85. The molecule has 2 heterocycles. The Kier molecular flexibility index (Phi) is 5.44. The second kappa shape index (κ2) is 6.90. The van der Waals surface area contributed by atoms with Gasteiger partial charge in [0.05, 0.1) is 5.41 Å². The second-order valence-corrected chi connectivity index (χ2v) is 6.74. The molecule has 116 valence electrons. The van der Waals surface area contributed by atoms with E-state index >= 15 is 0 Å². The molecule has 0 saturated carbocycles. The molecule has 2 aliphatic heterocycles. The molecule has 1 atom stereocenters. The third kappa shape index (κ3) is 3.34. The van der Waals surface area contributed by atoms with Crippen LogP contribution in [0, 0.1) is 5.41 Å². The summed E-state index contributed by atoms with van der Waals surface area (Å²) >= 11 is 0. The van der Waals surface area contributed by atoms with Crippen molar-refractivity contribution in [2.75, 3.05) is 32.7 Å². The van der Waals surface area contributed by atoms with Gasteiger partial charge in [0.1, 0.15) is 0 Å². The fourth-order valence-electron chi connectivity index (χ4n) is 3.48. The first kappa shape index (κ1) is 15.8. The third-order valence-electron chi connectivity index (χ3n) is 5.41. The molecule has 1 unspecified atom stereocenters. The zero-order valence-corrected chi connectivity index (χ0v) is 13.2. The molecule has 0 aromatic carbocycles. The van der Waals surface area contributed by atoms with Crippen LogP contribution in [0.15, 0.2) is 0 Å². The van der Waals surface area contributed by atoms with Crippen LogP contribution in [0.1, 0.15) is 52.4 Å². The number of nitrogens with two attached hydrogens (primary N) is 1. The maximum absolute atomic E-state index is 12.6. The minimum atomic E-state index is -0.363. The topological polar surface area (TPSA) is 49.6 Å². The van der Waals surface area contributed by atoms with Crippen LogP contribution in [0.3, 0.4) is 0 Å². The van der Waals surface area contributed by atoms with Crippen LogP contribution < -0.4 is 5.73 Å². The lowest BCUT2D eigenvalue weighted by Gasteiger charge is -2.42. The van der Waals surface area contributed by atoms with E-state index in [0.29, 0.717) is 12.6 Å². The predicted molar refractivity (Wildman–Crippen MR) is 82.5 cm³/mol. The van der Waals surface area contributed by atoms with Crippen molar-refractivity contribution in [2.45, 2.75) is 58.4 Å². The number of carbonyl (C=O) groups is 1. The molecule has 2 saturated heterocycles. The van der Waals surface area contributed by atoms with Gasteiger partial charge in [-0.05, 0) is 52.1 Å². The first-order valence-corrected chi connectivity index (χ1v) is 8.34. The van der Waals surface area contributed by atoms with Crippen LogP contribution >= 0.6 is 0 Å². The quantitative estimate of drug-likeness (QED) is 0.855. The lowest BCUT2D eigenvalue weighted by molar-refractivity contribution is -0.142. The van der Waals surface area contributed by atoms with E-state index in [1.807, 2.05) is 6.92 Å². The van der Waals surface area contributed by atoms with Crippen molar-refractivity contribution in [3.63, 3.8) is 0 Å². The van der Waals surface area contributed by atoms with Crippen molar-refractivity contribution in [1.29, 1.82) is 0 Å². The number of nitrogens with zero attached hydrogens (tertiary/aromatic N) is 2. The van der Waals surface area contributed by atoms with Gasteiger partial charge in [0.15, 0.2) is 0 Å². The molecule has 2 aliphatic rings. The van der Waals surface area contributed by atoms with Gasteiger partial charge >= 0.3 is 0 Å². The fraction of sp³-hybridized carbons (Fsp3) is 0.938. The van der Waals surface area contributed by atoms with Crippen molar-refractivity contribution in [1.82, 2.24) is 9.80 Å². The summed E-state index contributed by atoms with van der Waals surface area (Å²) in [6.45, 7) is 8.86. The van der Waals surface area contributed by atoms with E-state index in [0.717, 1.165) is 32.4 Å². The average molecular weight is 281 g/mol. The highest BCUT2D eigenvalue weighted by atomic mass is 16.2. The second-order valence-electron chi connectivity index (χ2n) is 6.74. The first-order valence-electron chi connectivity index (χ1n) is 8.34. The first-order chi connectivity index (χ1) is 9.60. The van der Waals surface area contributed by atoms with Gasteiger partial charge in [-0.1, -0.05) is 13.3 Å². The molecule has 2 fully saturated rings. The molecule has 2 N–H and O–H groups in total. The van der Waals surface area contributed by atoms with E-state index in [4.69, 9.17) is 5.73 Å². The van der Waals surface area contributed by atoms with Crippen molar-refractivity contribution in [3.8, 4) is 0 Å². The Bertz CT molecular complexity index is 314. The van der Waals surface area contributed by atoms with E-state index < -0.39 is 0 Å². The molecular weight excluding hydrogens is 250 g/mol. The summed E-state index contributed by atoms with van der Waals surface area (Å²) in [6.07, 6.45) is 7.18. The summed E-state index contributed by atoms with van der Waals surface area (Å²) in [5.74, 6) is 0.264. The number of rotatable bonds is 4. The minimum Gasteiger partial charge on any atom is -0.342 e. The Morgan fingerprint density at radius 2 is 1.75 bits per heavy atom. The molecule has 0 aromatic heterocycles. The Hall–Kier alpha value is -0.610. The predicted octanol–water partition coefficient (Wildman–Crippen LogP) is 1.84. The molecule has 1 amide bonds. The van der Waals surface area contributed by atoms with Gasteiger partial charge in [-0.15, -0.1) is 0 Å². The fourth-order valence-corrected chi connectivity index (χ4v) is 3.48. The van der Waals surface area contributed by atoms with Crippen molar-refractivity contribution in [3.05, 3.63) is 0 Å². The van der Waals surface area contributed by atoms with E-state index in [9.17, 15) is 4.79 Å². The highest BCUT2D eigenvalue weighted by Crippen LogP contribution is 2.27. The van der Waals surface area contributed by atoms with E-state index in [1.54, 1.807) is 0 Å². The number of piperidine rings is 2. The number of amides is 1. The number of carbonyl (C=O) groups excluding carboxylic acids is 1. The summed E-state index contributed by atoms with van der Waals surface area (Å²) < 4.78 is 0. The molecule has 20 heavy (non-hydrogen) atoms. The SMILES string of the molecule is CCC(C)(CN)C(=O)N1CCC(N2CCCCC2)CC1. The minimum absolute atomic E-state index is 0.264. The maximum atomic E-state index is 12.6. The summed E-state index contributed by atoms with van der Waals surface area (Å²) in [5.41, 5.74) is 5.45. The maximum Gasteiger partial charge on any atom is 0.229 e. The van der Waals surface area contributed by atoms with Crippen LogP contribution in [0.5, 0.6) is 0 Å². The van der Waals surface area contributed by atoms with E-state index in [1.165, 1.54) is 32.4 Å². The largest absolute Gasteiger partial charge is 0.342 e. The van der Waals surface area contributed by atoms with Crippen molar-refractivity contribution < 1.29 is 4.79 Å². The van der Waals surface area contributed by atoms with Crippen LogP contribution in [0.25, 0.3) is 0 Å². The van der Waals surface area contributed by atoms with Crippen LogP contribution in [0.2, 0.25) is 0 Å². The highest BCUT2D eigenvalue weighted by molar-refractivity contribution is 5.82. The zero-order chi connectivity index (χ0) is 14.6. The van der Waals surface area contributed by atoms with Crippen LogP contribution in [-0.2, 0) is 4.79 Å². The van der Waals surface area contributed by atoms with Crippen molar-refractivity contribution in [2.24, 2.45) is 11.1 Å². The van der Waals surface area contributed by atoms with Gasteiger partial charge in [-0.3, -0.25) is 4.79 Å². The average Bonchev–Trinajstić information content (AvgIpc) is 2.54. The van der Waals surface area contributed by atoms with Gasteiger partial charge < -0.3 is 15.5 Å². The van der Waals surface area contributed by atoms with E-state index in [-0.39, 0.29) is 11.3 Å². The van der Waals surface area contributed by atoms with Gasteiger partial charge in [-0.2, -0.15) is 0 Å². The summed E-state index contributed by atoms with van der Waals surface area (Å²) in [7, 11) is 0. The normalized spacial score (nSPS) is 25.4. The van der Waals surface area contributed by atoms with Gasteiger partial charge in [0, 0.05) is 25.7 Å². The Morgan fingerprint density at radius 1 is 1.15 bits per heavy atom. The number of likely N-dealkylation sites (tertiary alicyclic amines) is 2. The standard InChI is InChI=1S/C16H31N3O/c1-3-16(2,13-17)15(20)19-11-7-14(8-12-19)18-9-5-4-6-10-18/h14H,3-13,17H2,1-2H3. The Labute approximate surface area is 123 Å². The smallest absolute Gasteiger partial charge is 0.229 e. The molecule has 2 rings (SSSR count). The summed E-state index contributed by atoms with van der Waals surface area (Å²) in [6, 6.07) is 0.699. The zero-order valence-electron chi connectivity index (χ0n) is 13.2. The number of hydrogen-bond acceptors (Lipinski definition) is 3. The third-order valence-corrected chi connectivity index (χ3v) is 5.41. The molecule has 4 heteroatoms. The highest BCUT2D eigenvalue weighted by Gasteiger charge is 2.36. The summed E-state index contributed by atoms with van der Waals surface area (Å²) in [5, 5.41) is 0. The molecule has 0 radical (unpaired) electrons. The van der Waals surface area contributed by atoms with Gasteiger partial charge in [0.25, 0.3) is 0 Å². The van der Waals surface area contributed by atoms with Crippen LogP contribution in [-0.4, -0.2) is 54.5 Å². The van der Waals surface area contributed by atoms with E-state index in [2.05, 4.69) is 16.7 Å². The summed E-state index contributed by atoms with van der Waals surface area (Å²) in [4.78, 5) is 17.3. The molecular formula is C16H31N3O. The molecule has 4 nitrogen and oxygen atoms in total. The molecule has 0 bridgehead atoms. The molecule has 0 spiro atoms. The van der Waals surface area contributed by atoms with Crippen molar-refractivity contribution >= 4 is 5.91 Å². The molecule has 0 aliphatic carbocycles. The van der Waals surface area contributed by atoms with Gasteiger partial charge in [0.2, 0.25) is 5.91 Å². The monoisotopic (exact) mass is 281 g/mol. The Morgan fingerprint density at radius 3 is 2.25 bits per heavy atom. The number of hydrogen-bond donors (Lipinski definition) is 1.